The molecule has 0 amide bonds. The molecule has 0 saturated carbocycles. The number of unbranched alkanes of at least 4 members (excludes halogenated alkanes) is 1. The topological polar surface area (TPSA) is 15.3 Å². The van der Waals surface area contributed by atoms with Gasteiger partial charge in [0.2, 0.25) is 0 Å². The van der Waals surface area contributed by atoms with Crippen molar-refractivity contribution in [3.63, 3.8) is 0 Å². The fourth-order valence-corrected chi connectivity index (χ4v) is 1.80. The zero-order valence-corrected chi connectivity index (χ0v) is 8.55. The van der Waals surface area contributed by atoms with Crippen molar-refractivity contribution in [2.75, 3.05) is 26.2 Å². The predicted octanol–water partition coefficient (Wildman–Crippen LogP) is 1.08. The molecule has 1 atom stereocenters. The molecule has 13 heavy (non-hydrogen) atoms. The number of hydrogen-bond donors (Lipinski definition) is 1. The van der Waals surface area contributed by atoms with Crippen LogP contribution in [0.3, 0.4) is 0 Å². The van der Waals surface area contributed by atoms with Gasteiger partial charge in [-0.2, -0.15) is 0 Å². The average molecular weight is 180 g/mol. The van der Waals surface area contributed by atoms with Crippen molar-refractivity contribution in [3.05, 3.63) is 0 Å². The highest BCUT2D eigenvalue weighted by Gasteiger charge is 2.12. The van der Waals surface area contributed by atoms with Crippen LogP contribution in [-0.4, -0.2) is 37.1 Å². The van der Waals surface area contributed by atoms with Gasteiger partial charge in [-0.25, -0.2) is 0 Å². The predicted molar refractivity (Wildman–Crippen MR) is 56.6 cm³/mol. The van der Waals surface area contributed by atoms with Gasteiger partial charge in [0.15, 0.2) is 0 Å². The molecule has 0 aliphatic carbocycles. The van der Waals surface area contributed by atoms with Crippen molar-refractivity contribution >= 4 is 0 Å². The molecule has 0 aromatic carbocycles. The summed E-state index contributed by atoms with van der Waals surface area (Å²) in [4.78, 5) is 2.52. The van der Waals surface area contributed by atoms with E-state index in [2.05, 4.69) is 23.1 Å². The molecule has 1 aliphatic rings. The van der Waals surface area contributed by atoms with E-state index >= 15 is 0 Å². The van der Waals surface area contributed by atoms with Gasteiger partial charge in [0, 0.05) is 19.0 Å². The van der Waals surface area contributed by atoms with Gasteiger partial charge in [-0.05, 0) is 39.4 Å². The number of rotatable bonds is 3. The molecule has 1 saturated heterocycles. The average Bonchev–Trinajstić information content (AvgIpc) is 2.31. The van der Waals surface area contributed by atoms with E-state index in [4.69, 9.17) is 6.42 Å². The molecule has 74 valence electrons. The summed E-state index contributed by atoms with van der Waals surface area (Å²) in [6.07, 6.45) is 8.54. The summed E-state index contributed by atoms with van der Waals surface area (Å²) in [6.45, 7) is 6.97. The second-order valence-electron chi connectivity index (χ2n) is 3.82. The second-order valence-corrected chi connectivity index (χ2v) is 3.82. The molecule has 1 heterocycles. The highest BCUT2D eigenvalue weighted by Crippen LogP contribution is 2.02. The zero-order valence-electron chi connectivity index (χ0n) is 8.55. The molecule has 0 spiro atoms. The van der Waals surface area contributed by atoms with Crippen LogP contribution in [-0.2, 0) is 0 Å². The third-order valence-corrected chi connectivity index (χ3v) is 2.47. The van der Waals surface area contributed by atoms with Gasteiger partial charge >= 0.3 is 0 Å². The number of nitrogens with zero attached hydrogens (tertiary/aromatic N) is 1. The van der Waals surface area contributed by atoms with Gasteiger partial charge in [-0.15, -0.1) is 12.3 Å². The normalized spacial score (nSPS) is 25.1. The number of hydrogen-bond acceptors (Lipinski definition) is 2. The Bertz CT molecular complexity index is 171. The summed E-state index contributed by atoms with van der Waals surface area (Å²) >= 11 is 0. The Morgan fingerprint density at radius 2 is 2.46 bits per heavy atom. The van der Waals surface area contributed by atoms with Crippen LogP contribution in [0.1, 0.15) is 26.2 Å². The summed E-state index contributed by atoms with van der Waals surface area (Å²) < 4.78 is 0. The first kappa shape index (κ1) is 10.6. The van der Waals surface area contributed by atoms with Crippen molar-refractivity contribution in [1.29, 1.82) is 0 Å². The largest absolute Gasteiger partial charge is 0.313 e. The Morgan fingerprint density at radius 1 is 1.62 bits per heavy atom. The van der Waals surface area contributed by atoms with Crippen LogP contribution in [0.2, 0.25) is 0 Å². The van der Waals surface area contributed by atoms with E-state index in [9.17, 15) is 0 Å². The molecule has 1 unspecified atom stereocenters. The van der Waals surface area contributed by atoms with E-state index in [1.54, 1.807) is 0 Å². The Hall–Kier alpha value is -0.520. The van der Waals surface area contributed by atoms with Crippen molar-refractivity contribution in [2.45, 2.75) is 32.2 Å². The van der Waals surface area contributed by atoms with E-state index in [0.717, 1.165) is 25.9 Å². The van der Waals surface area contributed by atoms with E-state index in [1.807, 2.05) is 0 Å². The first-order chi connectivity index (χ1) is 6.33. The molecule has 0 aromatic rings. The highest BCUT2D eigenvalue weighted by molar-refractivity contribution is 4.84. The fraction of sp³-hybridized carbons (Fsp3) is 0.818. The lowest BCUT2D eigenvalue weighted by Crippen LogP contribution is -2.35. The lowest BCUT2D eigenvalue weighted by Gasteiger charge is -2.21. The first-order valence-electron chi connectivity index (χ1n) is 5.22. The van der Waals surface area contributed by atoms with Gasteiger partial charge in [0.05, 0.1) is 0 Å². The zero-order chi connectivity index (χ0) is 9.52. The van der Waals surface area contributed by atoms with Gasteiger partial charge < -0.3 is 10.2 Å². The maximum Gasteiger partial charge on any atom is 0.0166 e. The van der Waals surface area contributed by atoms with E-state index in [-0.39, 0.29) is 0 Å². The summed E-state index contributed by atoms with van der Waals surface area (Å²) in [6, 6.07) is 0.633. The summed E-state index contributed by atoms with van der Waals surface area (Å²) in [5.74, 6) is 2.69. The van der Waals surface area contributed by atoms with E-state index in [1.165, 1.54) is 19.5 Å². The van der Waals surface area contributed by atoms with Crippen LogP contribution in [0, 0.1) is 12.3 Å². The van der Waals surface area contributed by atoms with Crippen LogP contribution < -0.4 is 5.32 Å². The van der Waals surface area contributed by atoms with Crippen LogP contribution in [0.5, 0.6) is 0 Å². The molecule has 1 rings (SSSR count). The van der Waals surface area contributed by atoms with Crippen molar-refractivity contribution in [3.8, 4) is 12.3 Å². The summed E-state index contributed by atoms with van der Waals surface area (Å²) in [7, 11) is 0. The lowest BCUT2D eigenvalue weighted by molar-refractivity contribution is 0.271. The lowest BCUT2D eigenvalue weighted by atomic mass is 10.2. The highest BCUT2D eigenvalue weighted by atomic mass is 15.2. The third-order valence-electron chi connectivity index (χ3n) is 2.47. The third kappa shape index (κ3) is 4.31. The standard InChI is InChI=1S/C11H20N2/c1-3-4-5-8-13-9-6-7-12-11(2)10-13/h1,11-12H,4-10H2,2H3. The summed E-state index contributed by atoms with van der Waals surface area (Å²) in [5.41, 5.74) is 0. The van der Waals surface area contributed by atoms with Crippen molar-refractivity contribution < 1.29 is 0 Å². The monoisotopic (exact) mass is 180 g/mol. The maximum absolute atomic E-state index is 5.22. The van der Waals surface area contributed by atoms with E-state index in [0.29, 0.717) is 6.04 Å². The molecule has 1 N–H and O–H groups in total. The van der Waals surface area contributed by atoms with Gasteiger partial charge in [-0.3, -0.25) is 0 Å². The summed E-state index contributed by atoms with van der Waals surface area (Å²) in [5, 5.41) is 3.48. The Kier molecular flexibility index (Phi) is 4.88. The van der Waals surface area contributed by atoms with Crippen molar-refractivity contribution in [1.82, 2.24) is 10.2 Å². The Balaban J connectivity index is 2.19. The van der Waals surface area contributed by atoms with Crippen LogP contribution in [0.4, 0.5) is 0 Å². The molecule has 1 aliphatic heterocycles. The van der Waals surface area contributed by atoms with Gasteiger partial charge in [0.1, 0.15) is 0 Å². The fourth-order valence-electron chi connectivity index (χ4n) is 1.80. The molecule has 1 fully saturated rings. The minimum absolute atomic E-state index is 0.633. The number of terminal acetylenes is 1. The van der Waals surface area contributed by atoms with Gasteiger partial charge in [0.25, 0.3) is 0 Å². The Labute approximate surface area is 81.7 Å². The van der Waals surface area contributed by atoms with Crippen LogP contribution >= 0.6 is 0 Å². The molecular formula is C11H20N2. The second kappa shape index (κ2) is 6.01. The van der Waals surface area contributed by atoms with Crippen molar-refractivity contribution in [2.24, 2.45) is 0 Å². The molecule has 0 bridgehead atoms. The van der Waals surface area contributed by atoms with E-state index < -0.39 is 0 Å². The molecular weight excluding hydrogens is 160 g/mol. The minimum Gasteiger partial charge on any atom is -0.313 e. The van der Waals surface area contributed by atoms with Crippen LogP contribution in [0.15, 0.2) is 0 Å². The molecule has 0 aromatic heterocycles. The SMILES string of the molecule is C#CCCCN1CCCNC(C)C1. The smallest absolute Gasteiger partial charge is 0.0166 e. The molecule has 2 heteroatoms. The van der Waals surface area contributed by atoms with Gasteiger partial charge in [-0.1, -0.05) is 0 Å². The molecule has 0 radical (unpaired) electrons. The first-order valence-corrected chi connectivity index (χ1v) is 5.22. The maximum atomic E-state index is 5.22. The molecule has 2 nitrogen and oxygen atoms in total. The Morgan fingerprint density at radius 3 is 3.23 bits per heavy atom. The van der Waals surface area contributed by atoms with Crippen LogP contribution in [0.25, 0.3) is 0 Å². The number of nitrogens with one attached hydrogen (secondary N) is 1. The quantitative estimate of drug-likeness (QED) is 0.516. The minimum atomic E-state index is 0.633.